The molecule has 22 heavy (non-hydrogen) atoms. The van der Waals surface area contributed by atoms with Crippen LogP contribution in [-0.4, -0.2) is 38.6 Å². The standard InChI is InChI=1S/C19H34O3/c1-19(2,14-4-8-16(20-3)9-5-14)15-6-10-17(11-7-15)21-12-18-13-22-18/h14-18H,4-13H2,1-3H3. The van der Waals surface area contributed by atoms with E-state index in [9.17, 15) is 0 Å². The second-order valence-electron chi connectivity index (χ2n) is 8.29. The molecule has 1 aliphatic heterocycles. The molecule has 0 radical (unpaired) electrons. The minimum Gasteiger partial charge on any atom is -0.381 e. The van der Waals surface area contributed by atoms with Gasteiger partial charge in [-0.15, -0.1) is 0 Å². The molecular weight excluding hydrogens is 276 g/mol. The summed E-state index contributed by atoms with van der Waals surface area (Å²) in [5.41, 5.74) is 0.475. The molecule has 128 valence electrons. The van der Waals surface area contributed by atoms with E-state index in [0.717, 1.165) is 25.0 Å². The number of hydrogen-bond donors (Lipinski definition) is 0. The van der Waals surface area contributed by atoms with Crippen molar-refractivity contribution >= 4 is 0 Å². The van der Waals surface area contributed by atoms with Gasteiger partial charge in [-0.25, -0.2) is 0 Å². The fraction of sp³-hybridized carbons (Fsp3) is 1.00. The summed E-state index contributed by atoms with van der Waals surface area (Å²) < 4.78 is 16.8. The third-order valence-electron chi connectivity index (χ3n) is 6.71. The van der Waals surface area contributed by atoms with E-state index in [1.165, 1.54) is 51.4 Å². The lowest BCUT2D eigenvalue weighted by Crippen LogP contribution is -2.39. The number of rotatable bonds is 6. The first kappa shape index (κ1) is 16.7. The largest absolute Gasteiger partial charge is 0.381 e. The second kappa shape index (κ2) is 7.19. The molecular formula is C19H34O3. The molecule has 3 rings (SSSR count). The molecule has 0 bridgehead atoms. The zero-order valence-electron chi connectivity index (χ0n) is 14.7. The lowest BCUT2D eigenvalue weighted by Gasteiger charge is -2.46. The molecule has 2 saturated carbocycles. The number of methoxy groups -OCH3 is 1. The van der Waals surface area contributed by atoms with Crippen LogP contribution in [0, 0.1) is 17.3 Å². The predicted molar refractivity (Wildman–Crippen MR) is 88.0 cm³/mol. The normalized spacial score (nSPS) is 39.7. The van der Waals surface area contributed by atoms with Gasteiger partial charge in [-0.05, 0) is 68.6 Å². The lowest BCUT2D eigenvalue weighted by atomic mass is 9.60. The van der Waals surface area contributed by atoms with Crippen LogP contribution in [0.3, 0.4) is 0 Å². The summed E-state index contributed by atoms with van der Waals surface area (Å²) in [6.45, 7) is 6.77. The van der Waals surface area contributed by atoms with Crippen LogP contribution in [0.15, 0.2) is 0 Å². The van der Waals surface area contributed by atoms with Gasteiger partial charge < -0.3 is 14.2 Å². The zero-order chi connectivity index (χ0) is 15.6. The molecule has 0 amide bonds. The molecule has 0 aromatic carbocycles. The van der Waals surface area contributed by atoms with E-state index >= 15 is 0 Å². The average Bonchev–Trinajstić information content (AvgIpc) is 3.38. The summed E-state index contributed by atoms with van der Waals surface area (Å²) in [6.07, 6.45) is 11.8. The quantitative estimate of drug-likeness (QED) is 0.689. The Morgan fingerprint density at radius 1 is 0.864 bits per heavy atom. The Balaban J connectivity index is 1.44. The first-order valence-corrected chi connectivity index (χ1v) is 9.35. The topological polar surface area (TPSA) is 31.0 Å². The van der Waals surface area contributed by atoms with E-state index in [0.29, 0.717) is 23.7 Å². The fourth-order valence-electron chi connectivity index (χ4n) is 4.76. The van der Waals surface area contributed by atoms with Gasteiger partial charge in [-0.1, -0.05) is 13.8 Å². The van der Waals surface area contributed by atoms with Gasteiger partial charge in [0.1, 0.15) is 6.10 Å². The molecule has 3 heteroatoms. The maximum atomic E-state index is 6.00. The van der Waals surface area contributed by atoms with Crippen molar-refractivity contribution in [1.82, 2.24) is 0 Å². The lowest BCUT2D eigenvalue weighted by molar-refractivity contribution is -0.0305. The van der Waals surface area contributed by atoms with E-state index in [1.54, 1.807) is 0 Å². The van der Waals surface area contributed by atoms with E-state index in [2.05, 4.69) is 13.8 Å². The summed E-state index contributed by atoms with van der Waals surface area (Å²) in [7, 11) is 1.87. The summed E-state index contributed by atoms with van der Waals surface area (Å²) in [5, 5.41) is 0. The SMILES string of the molecule is COC1CCC(C(C)(C)C2CCC(OCC3CO3)CC2)CC1. The van der Waals surface area contributed by atoms with Gasteiger partial charge in [0.25, 0.3) is 0 Å². The highest BCUT2D eigenvalue weighted by molar-refractivity contribution is 4.91. The summed E-state index contributed by atoms with van der Waals surface area (Å²) in [6, 6.07) is 0. The fourth-order valence-corrected chi connectivity index (χ4v) is 4.76. The molecule has 1 heterocycles. The highest BCUT2D eigenvalue weighted by Crippen LogP contribution is 2.48. The Hall–Kier alpha value is -0.120. The average molecular weight is 310 g/mol. The van der Waals surface area contributed by atoms with Crippen LogP contribution in [-0.2, 0) is 14.2 Å². The molecule has 1 atom stereocenters. The molecule has 2 aliphatic carbocycles. The van der Waals surface area contributed by atoms with E-state index in [1.807, 2.05) is 7.11 Å². The van der Waals surface area contributed by atoms with Crippen molar-refractivity contribution in [3.63, 3.8) is 0 Å². The van der Waals surface area contributed by atoms with Crippen molar-refractivity contribution < 1.29 is 14.2 Å². The molecule has 1 saturated heterocycles. The first-order valence-electron chi connectivity index (χ1n) is 9.35. The van der Waals surface area contributed by atoms with Crippen LogP contribution < -0.4 is 0 Å². The second-order valence-corrected chi connectivity index (χ2v) is 8.29. The number of ether oxygens (including phenoxy) is 3. The van der Waals surface area contributed by atoms with Crippen LogP contribution in [0.1, 0.15) is 65.2 Å². The van der Waals surface area contributed by atoms with Crippen molar-refractivity contribution in [3.8, 4) is 0 Å². The molecule has 0 N–H and O–H groups in total. The molecule has 3 fully saturated rings. The van der Waals surface area contributed by atoms with Gasteiger partial charge in [0.05, 0.1) is 25.4 Å². The highest BCUT2D eigenvalue weighted by atomic mass is 16.6. The summed E-state index contributed by atoms with van der Waals surface area (Å²) in [4.78, 5) is 0. The molecule has 0 spiro atoms. The van der Waals surface area contributed by atoms with Gasteiger partial charge >= 0.3 is 0 Å². The predicted octanol–water partition coefficient (Wildman–Crippen LogP) is 4.19. The molecule has 3 aliphatic rings. The molecule has 1 unspecified atom stereocenters. The Morgan fingerprint density at radius 2 is 1.36 bits per heavy atom. The Bertz CT molecular complexity index is 335. The number of epoxide rings is 1. The van der Waals surface area contributed by atoms with Crippen molar-refractivity contribution in [2.45, 2.75) is 83.5 Å². The van der Waals surface area contributed by atoms with Crippen molar-refractivity contribution in [2.75, 3.05) is 20.3 Å². The van der Waals surface area contributed by atoms with Gasteiger partial charge in [-0.3, -0.25) is 0 Å². The van der Waals surface area contributed by atoms with Gasteiger partial charge in [0.15, 0.2) is 0 Å². The zero-order valence-corrected chi connectivity index (χ0v) is 14.7. The monoisotopic (exact) mass is 310 g/mol. The third-order valence-corrected chi connectivity index (χ3v) is 6.71. The van der Waals surface area contributed by atoms with Gasteiger partial charge in [0, 0.05) is 7.11 Å². The Morgan fingerprint density at radius 3 is 1.82 bits per heavy atom. The Kier molecular flexibility index (Phi) is 5.47. The minimum absolute atomic E-state index is 0.408. The summed E-state index contributed by atoms with van der Waals surface area (Å²) >= 11 is 0. The van der Waals surface area contributed by atoms with Crippen molar-refractivity contribution in [1.29, 1.82) is 0 Å². The van der Waals surface area contributed by atoms with Gasteiger partial charge in [-0.2, -0.15) is 0 Å². The molecule has 0 aromatic heterocycles. The van der Waals surface area contributed by atoms with Crippen LogP contribution in [0.4, 0.5) is 0 Å². The van der Waals surface area contributed by atoms with E-state index < -0.39 is 0 Å². The highest BCUT2D eigenvalue weighted by Gasteiger charge is 2.40. The maximum Gasteiger partial charge on any atom is 0.104 e. The first-order chi connectivity index (χ1) is 10.6. The maximum absolute atomic E-state index is 6.00. The third kappa shape index (κ3) is 4.04. The van der Waals surface area contributed by atoms with Crippen LogP contribution in [0.5, 0.6) is 0 Å². The van der Waals surface area contributed by atoms with Crippen molar-refractivity contribution in [3.05, 3.63) is 0 Å². The smallest absolute Gasteiger partial charge is 0.104 e. The Labute approximate surface area is 136 Å². The van der Waals surface area contributed by atoms with Crippen LogP contribution in [0.25, 0.3) is 0 Å². The molecule has 3 nitrogen and oxygen atoms in total. The van der Waals surface area contributed by atoms with Gasteiger partial charge in [0.2, 0.25) is 0 Å². The van der Waals surface area contributed by atoms with Crippen molar-refractivity contribution in [2.24, 2.45) is 17.3 Å². The number of hydrogen-bond acceptors (Lipinski definition) is 3. The van der Waals surface area contributed by atoms with E-state index in [-0.39, 0.29) is 0 Å². The van der Waals surface area contributed by atoms with Crippen LogP contribution in [0.2, 0.25) is 0 Å². The molecule has 0 aromatic rings. The minimum atomic E-state index is 0.408. The summed E-state index contributed by atoms with van der Waals surface area (Å²) in [5.74, 6) is 1.75. The van der Waals surface area contributed by atoms with Crippen LogP contribution >= 0.6 is 0 Å². The van der Waals surface area contributed by atoms with E-state index in [4.69, 9.17) is 14.2 Å².